The monoisotopic (exact) mass is 435 g/mol. The first-order valence-electron chi connectivity index (χ1n) is 9.13. The van der Waals surface area contributed by atoms with Crippen LogP contribution in [0.25, 0.3) is 0 Å². The van der Waals surface area contributed by atoms with Gasteiger partial charge in [0.1, 0.15) is 0 Å². The van der Waals surface area contributed by atoms with Crippen molar-refractivity contribution in [3.8, 4) is 0 Å². The number of hydrogen-bond donors (Lipinski definition) is 1. The minimum Gasteiger partial charge on any atom is -0.325 e. The fourth-order valence-corrected chi connectivity index (χ4v) is 4.03. The number of amides is 2. The zero-order valence-corrected chi connectivity index (χ0v) is 17.5. The number of carbonyl (C=O) groups excluding carboxylic acids is 2. The van der Waals surface area contributed by atoms with E-state index in [0.717, 1.165) is 22.7 Å². The number of sulfonamides is 1. The van der Waals surface area contributed by atoms with Crippen LogP contribution in [0.3, 0.4) is 0 Å². The van der Waals surface area contributed by atoms with Crippen molar-refractivity contribution < 1.29 is 18.0 Å². The van der Waals surface area contributed by atoms with Gasteiger partial charge in [0.05, 0.1) is 12.8 Å². The summed E-state index contributed by atoms with van der Waals surface area (Å²) in [4.78, 5) is 25.9. The molecule has 2 aromatic carbocycles. The van der Waals surface area contributed by atoms with Gasteiger partial charge in [-0.05, 0) is 42.3 Å². The van der Waals surface area contributed by atoms with Crippen LogP contribution in [-0.4, -0.2) is 43.9 Å². The lowest BCUT2D eigenvalue weighted by Crippen LogP contribution is -2.37. The average Bonchev–Trinajstić information content (AvgIpc) is 3.09. The average molecular weight is 436 g/mol. The molecule has 3 rings (SSSR count). The van der Waals surface area contributed by atoms with E-state index in [0.29, 0.717) is 29.2 Å². The summed E-state index contributed by atoms with van der Waals surface area (Å²) in [6.07, 6.45) is 2.44. The van der Waals surface area contributed by atoms with Gasteiger partial charge in [-0.3, -0.25) is 9.59 Å². The van der Waals surface area contributed by atoms with Crippen molar-refractivity contribution in [3.05, 3.63) is 59.1 Å². The molecular formula is C20H22ClN3O4S. The third-order valence-corrected chi connectivity index (χ3v) is 6.19. The van der Waals surface area contributed by atoms with Crippen LogP contribution < -0.4 is 10.2 Å². The molecule has 2 amide bonds. The largest absolute Gasteiger partial charge is 0.325 e. The first kappa shape index (κ1) is 21.3. The Labute approximate surface area is 175 Å². The molecular weight excluding hydrogens is 414 g/mol. The van der Waals surface area contributed by atoms with Gasteiger partial charge in [0.2, 0.25) is 21.8 Å². The Bertz CT molecular complexity index is 1010. The number of hydrogen-bond acceptors (Lipinski definition) is 4. The smallest absolute Gasteiger partial charge is 0.239 e. The van der Waals surface area contributed by atoms with Crippen molar-refractivity contribution in [2.45, 2.75) is 19.4 Å². The Morgan fingerprint density at radius 2 is 1.86 bits per heavy atom. The maximum absolute atomic E-state index is 12.4. The highest BCUT2D eigenvalue weighted by atomic mass is 35.5. The number of nitrogens with one attached hydrogen (secondary N) is 1. The highest BCUT2D eigenvalue weighted by molar-refractivity contribution is 7.88. The highest BCUT2D eigenvalue weighted by Crippen LogP contribution is 2.23. The summed E-state index contributed by atoms with van der Waals surface area (Å²) in [5, 5.41) is 3.13. The molecule has 1 saturated heterocycles. The molecule has 154 valence electrons. The van der Waals surface area contributed by atoms with Crippen molar-refractivity contribution in [2.24, 2.45) is 0 Å². The van der Waals surface area contributed by atoms with Crippen molar-refractivity contribution in [2.75, 3.05) is 29.6 Å². The maximum atomic E-state index is 12.4. The van der Waals surface area contributed by atoms with Crippen LogP contribution in [0.5, 0.6) is 0 Å². The fraction of sp³-hybridized carbons (Fsp3) is 0.300. The number of rotatable bonds is 7. The van der Waals surface area contributed by atoms with Gasteiger partial charge in [-0.25, -0.2) is 8.42 Å². The summed E-state index contributed by atoms with van der Waals surface area (Å²) in [5.41, 5.74) is 1.92. The van der Waals surface area contributed by atoms with E-state index < -0.39 is 15.9 Å². The Hall–Kier alpha value is -2.42. The lowest BCUT2D eigenvalue weighted by atomic mass is 10.2. The van der Waals surface area contributed by atoms with Gasteiger partial charge in [-0.15, -0.1) is 0 Å². The Morgan fingerprint density at radius 3 is 2.45 bits per heavy atom. The number of nitrogens with zero attached hydrogens (tertiary/aromatic N) is 2. The summed E-state index contributed by atoms with van der Waals surface area (Å²) in [5.74, 6) is -0.377. The molecule has 1 fully saturated rings. The van der Waals surface area contributed by atoms with E-state index >= 15 is 0 Å². The van der Waals surface area contributed by atoms with Gasteiger partial charge < -0.3 is 10.2 Å². The predicted octanol–water partition coefficient (Wildman–Crippen LogP) is 2.87. The van der Waals surface area contributed by atoms with Crippen LogP contribution in [0.1, 0.15) is 18.4 Å². The third-order valence-electron chi connectivity index (χ3n) is 4.63. The number of halogens is 1. The molecule has 0 radical (unpaired) electrons. The molecule has 1 heterocycles. The fourth-order valence-electron chi connectivity index (χ4n) is 3.11. The first-order chi connectivity index (χ1) is 13.7. The molecule has 0 saturated carbocycles. The summed E-state index contributed by atoms with van der Waals surface area (Å²) in [6.45, 7) is 0.355. The minimum atomic E-state index is -3.62. The van der Waals surface area contributed by atoms with Crippen LogP contribution in [0.4, 0.5) is 11.4 Å². The van der Waals surface area contributed by atoms with Crippen LogP contribution in [0.15, 0.2) is 48.5 Å². The lowest BCUT2D eigenvalue weighted by Gasteiger charge is -2.20. The van der Waals surface area contributed by atoms with Gasteiger partial charge in [-0.1, -0.05) is 29.8 Å². The molecule has 29 heavy (non-hydrogen) atoms. The van der Waals surface area contributed by atoms with Crippen molar-refractivity contribution in [1.29, 1.82) is 0 Å². The summed E-state index contributed by atoms with van der Waals surface area (Å²) in [6, 6.07) is 13.8. The summed E-state index contributed by atoms with van der Waals surface area (Å²) < 4.78 is 25.3. The molecule has 0 spiro atoms. The van der Waals surface area contributed by atoms with E-state index in [1.165, 1.54) is 0 Å². The minimum absolute atomic E-state index is 0.00192. The Kier molecular flexibility index (Phi) is 6.56. The predicted molar refractivity (Wildman–Crippen MR) is 113 cm³/mol. The zero-order chi connectivity index (χ0) is 21.0. The molecule has 2 aromatic rings. The van der Waals surface area contributed by atoms with Crippen molar-refractivity contribution >= 4 is 44.8 Å². The topological polar surface area (TPSA) is 86.8 Å². The third kappa shape index (κ3) is 5.56. The summed E-state index contributed by atoms with van der Waals surface area (Å²) in [7, 11) is -3.62. The number of carbonyl (C=O) groups is 2. The molecule has 1 N–H and O–H groups in total. The van der Waals surface area contributed by atoms with Crippen LogP contribution in [0, 0.1) is 0 Å². The van der Waals surface area contributed by atoms with Crippen LogP contribution in [-0.2, 0) is 26.2 Å². The molecule has 0 atom stereocenters. The lowest BCUT2D eigenvalue weighted by molar-refractivity contribution is -0.117. The molecule has 0 bridgehead atoms. The van der Waals surface area contributed by atoms with Gasteiger partial charge in [-0.2, -0.15) is 4.31 Å². The van der Waals surface area contributed by atoms with E-state index in [2.05, 4.69) is 5.32 Å². The molecule has 0 aromatic heterocycles. The van der Waals surface area contributed by atoms with E-state index in [-0.39, 0.29) is 19.0 Å². The number of benzene rings is 2. The normalized spacial score (nSPS) is 14.4. The molecule has 0 aliphatic carbocycles. The second-order valence-corrected chi connectivity index (χ2v) is 9.26. The van der Waals surface area contributed by atoms with E-state index in [9.17, 15) is 18.0 Å². The van der Waals surface area contributed by atoms with Gasteiger partial charge in [0, 0.05) is 35.9 Å². The van der Waals surface area contributed by atoms with E-state index in [1.54, 1.807) is 53.4 Å². The van der Waals surface area contributed by atoms with Crippen molar-refractivity contribution in [3.63, 3.8) is 0 Å². The second kappa shape index (κ2) is 8.94. The molecule has 1 aliphatic rings. The molecule has 1 aliphatic heterocycles. The zero-order valence-electron chi connectivity index (χ0n) is 16.0. The first-order valence-corrected chi connectivity index (χ1v) is 11.4. The Balaban J connectivity index is 1.65. The number of anilines is 2. The van der Waals surface area contributed by atoms with Gasteiger partial charge in [0.25, 0.3) is 0 Å². The van der Waals surface area contributed by atoms with Crippen molar-refractivity contribution in [1.82, 2.24) is 4.31 Å². The standard InChI is InChI=1S/C20H22ClN3O4S/c1-29(27,28)23(13-15-5-2-3-6-18(15)21)14-19(25)22-16-8-10-17(11-9-16)24-12-4-7-20(24)26/h2-3,5-6,8-11H,4,7,12-14H2,1H3,(H,22,25). The van der Waals surface area contributed by atoms with E-state index in [1.807, 2.05) is 0 Å². The highest BCUT2D eigenvalue weighted by Gasteiger charge is 2.23. The molecule has 9 heteroatoms. The molecule has 7 nitrogen and oxygen atoms in total. The SMILES string of the molecule is CS(=O)(=O)N(CC(=O)Nc1ccc(N2CCCC2=O)cc1)Cc1ccccc1Cl. The Morgan fingerprint density at radius 1 is 1.17 bits per heavy atom. The van der Waals surface area contributed by atoms with Gasteiger partial charge >= 0.3 is 0 Å². The quantitative estimate of drug-likeness (QED) is 0.724. The summed E-state index contributed by atoms with van der Waals surface area (Å²) >= 11 is 6.11. The van der Waals surface area contributed by atoms with Gasteiger partial charge in [0.15, 0.2) is 0 Å². The maximum Gasteiger partial charge on any atom is 0.239 e. The van der Waals surface area contributed by atoms with E-state index in [4.69, 9.17) is 11.6 Å². The van der Waals surface area contributed by atoms with Crippen LogP contribution in [0.2, 0.25) is 5.02 Å². The molecule has 0 unspecified atom stereocenters. The second-order valence-electron chi connectivity index (χ2n) is 6.87. The van der Waals surface area contributed by atoms with Crippen LogP contribution >= 0.6 is 11.6 Å².